The molecule has 0 radical (unpaired) electrons. The van der Waals surface area contributed by atoms with Crippen LogP contribution in [-0.4, -0.2) is 21.4 Å². The molecule has 1 aliphatic carbocycles. The maximum absolute atomic E-state index is 13.9. The third-order valence-corrected chi connectivity index (χ3v) is 4.29. The summed E-state index contributed by atoms with van der Waals surface area (Å²) in [6.45, 7) is -0.745. The van der Waals surface area contributed by atoms with E-state index < -0.39 is 41.4 Å². The van der Waals surface area contributed by atoms with Crippen molar-refractivity contribution < 1.29 is 26.7 Å². The molecule has 0 saturated heterocycles. The molecule has 144 valence electrons. The number of aromatic nitrogens is 1. The third-order valence-electron chi connectivity index (χ3n) is 4.29. The van der Waals surface area contributed by atoms with Gasteiger partial charge in [-0.2, -0.15) is 13.2 Å². The molecule has 0 spiro atoms. The molecule has 0 N–H and O–H groups in total. The molecule has 4 nitrogen and oxygen atoms in total. The van der Waals surface area contributed by atoms with Crippen molar-refractivity contribution in [2.45, 2.75) is 38.1 Å². The van der Waals surface area contributed by atoms with Crippen LogP contribution in [0.15, 0.2) is 41.3 Å². The van der Waals surface area contributed by atoms with Crippen LogP contribution in [0.1, 0.15) is 24.0 Å². The third kappa shape index (κ3) is 4.35. The Balaban J connectivity index is 1.82. The highest BCUT2D eigenvalue weighted by molar-refractivity contribution is 5.76. The molecule has 1 aromatic heterocycles. The maximum atomic E-state index is 13.9. The fourth-order valence-corrected chi connectivity index (χ4v) is 2.75. The lowest BCUT2D eigenvalue weighted by Gasteiger charge is -2.23. The maximum Gasteiger partial charge on any atom is 0.421 e. The van der Waals surface area contributed by atoms with E-state index in [9.17, 15) is 31.5 Å². The van der Waals surface area contributed by atoms with Gasteiger partial charge in [-0.3, -0.25) is 9.59 Å². The van der Waals surface area contributed by atoms with E-state index >= 15 is 0 Å². The number of hydrogen-bond donors (Lipinski definition) is 0. The number of hydrogen-bond acceptors (Lipinski definition) is 2. The van der Waals surface area contributed by atoms with Gasteiger partial charge in [-0.05, 0) is 31.0 Å². The lowest BCUT2D eigenvalue weighted by atomic mass is 10.2. The van der Waals surface area contributed by atoms with Crippen molar-refractivity contribution >= 4 is 5.91 Å². The first-order valence-corrected chi connectivity index (χ1v) is 8.17. The molecule has 1 heterocycles. The summed E-state index contributed by atoms with van der Waals surface area (Å²) in [5.74, 6) is -2.18. The summed E-state index contributed by atoms with van der Waals surface area (Å²) in [6, 6.07) is 4.48. The Morgan fingerprint density at radius 3 is 2.48 bits per heavy atom. The highest BCUT2D eigenvalue weighted by Gasteiger charge is 2.36. The molecule has 1 aromatic carbocycles. The number of nitrogens with zero attached hydrogens (tertiary/aromatic N) is 2. The molecule has 1 saturated carbocycles. The second-order valence-corrected chi connectivity index (χ2v) is 6.34. The summed E-state index contributed by atoms with van der Waals surface area (Å²) in [5, 5.41) is 0. The van der Waals surface area contributed by atoms with Gasteiger partial charge < -0.3 is 9.47 Å². The molecule has 9 heteroatoms. The van der Waals surface area contributed by atoms with Crippen molar-refractivity contribution in [3.05, 3.63) is 69.6 Å². The zero-order chi connectivity index (χ0) is 19.8. The number of alkyl halides is 3. The Bertz CT molecular complexity index is 919. The topological polar surface area (TPSA) is 42.3 Å². The number of benzene rings is 1. The fraction of sp³-hybridized carbons (Fsp3) is 0.333. The number of pyridine rings is 1. The van der Waals surface area contributed by atoms with Crippen molar-refractivity contribution in [3.63, 3.8) is 0 Å². The van der Waals surface area contributed by atoms with E-state index in [4.69, 9.17) is 0 Å². The van der Waals surface area contributed by atoms with Crippen molar-refractivity contribution in [3.8, 4) is 0 Å². The minimum atomic E-state index is -4.82. The van der Waals surface area contributed by atoms with E-state index in [0.29, 0.717) is 29.5 Å². The molecular formula is C18H15F5N2O2. The lowest BCUT2D eigenvalue weighted by molar-refractivity contribution is -0.139. The first-order chi connectivity index (χ1) is 12.7. The van der Waals surface area contributed by atoms with Crippen molar-refractivity contribution in [1.82, 2.24) is 9.47 Å². The van der Waals surface area contributed by atoms with Gasteiger partial charge in [0.05, 0.1) is 0 Å². The summed E-state index contributed by atoms with van der Waals surface area (Å²) < 4.78 is 66.1. The molecular weight excluding hydrogens is 371 g/mol. The van der Waals surface area contributed by atoms with Crippen LogP contribution in [0.5, 0.6) is 0 Å². The lowest BCUT2D eigenvalue weighted by Crippen LogP contribution is -2.38. The van der Waals surface area contributed by atoms with Crippen LogP contribution >= 0.6 is 0 Å². The molecule has 1 fully saturated rings. The van der Waals surface area contributed by atoms with E-state index in [-0.39, 0.29) is 18.2 Å². The molecule has 27 heavy (non-hydrogen) atoms. The quantitative estimate of drug-likeness (QED) is 0.740. The summed E-state index contributed by atoms with van der Waals surface area (Å²) in [4.78, 5) is 25.9. The number of carbonyl (C=O) groups is 1. The van der Waals surface area contributed by atoms with Crippen molar-refractivity contribution in [2.24, 2.45) is 0 Å². The van der Waals surface area contributed by atoms with Gasteiger partial charge in [0, 0.05) is 30.4 Å². The van der Waals surface area contributed by atoms with E-state index in [1.807, 2.05) is 0 Å². The standard InChI is InChI=1S/C18H15F5N2O2/c19-12-4-3-11(15(20)8-12)9-25(13-5-6-13)16(26)10-24-7-1-2-14(17(24)27)18(21,22)23/h1-4,7-8,13H,5-6,9-10H2. The second kappa shape index (κ2) is 7.13. The molecule has 0 unspecified atom stereocenters. The molecule has 0 atom stereocenters. The molecule has 1 aliphatic rings. The predicted octanol–water partition coefficient (Wildman–Crippen LogP) is 3.34. The molecule has 0 bridgehead atoms. The number of amides is 1. The van der Waals surface area contributed by atoms with Crippen LogP contribution in [0.3, 0.4) is 0 Å². The van der Waals surface area contributed by atoms with Gasteiger partial charge in [-0.15, -0.1) is 0 Å². The van der Waals surface area contributed by atoms with Gasteiger partial charge in [-0.25, -0.2) is 8.78 Å². The first kappa shape index (κ1) is 19.1. The highest BCUT2D eigenvalue weighted by atomic mass is 19.4. The Morgan fingerprint density at radius 1 is 1.19 bits per heavy atom. The number of halogens is 5. The Hall–Kier alpha value is -2.71. The normalized spacial score (nSPS) is 14.3. The van der Waals surface area contributed by atoms with Crippen LogP contribution in [0.25, 0.3) is 0 Å². The van der Waals surface area contributed by atoms with Crippen molar-refractivity contribution in [2.75, 3.05) is 0 Å². The fourth-order valence-electron chi connectivity index (χ4n) is 2.75. The average molecular weight is 386 g/mol. The van der Waals surface area contributed by atoms with Gasteiger partial charge in [0.25, 0.3) is 5.56 Å². The predicted molar refractivity (Wildman–Crippen MR) is 85.6 cm³/mol. The SMILES string of the molecule is O=C(Cn1cccc(C(F)(F)F)c1=O)N(Cc1ccc(F)cc1F)C1CC1. The largest absolute Gasteiger partial charge is 0.421 e. The van der Waals surface area contributed by atoms with E-state index in [0.717, 1.165) is 18.3 Å². The highest BCUT2D eigenvalue weighted by Crippen LogP contribution is 2.29. The van der Waals surface area contributed by atoms with E-state index in [2.05, 4.69) is 0 Å². The number of rotatable bonds is 5. The molecule has 1 amide bonds. The van der Waals surface area contributed by atoms with Crippen molar-refractivity contribution in [1.29, 1.82) is 0 Å². The van der Waals surface area contributed by atoms with E-state index in [1.165, 1.54) is 11.0 Å². The van der Waals surface area contributed by atoms with Gasteiger partial charge in [0.15, 0.2) is 0 Å². The van der Waals surface area contributed by atoms with Crippen LogP contribution in [0, 0.1) is 11.6 Å². The summed E-state index contributed by atoms with van der Waals surface area (Å²) in [5.41, 5.74) is -2.59. The minimum absolute atomic E-state index is 0.0908. The number of carbonyl (C=O) groups excluding carboxylic acids is 1. The van der Waals surface area contributed by atoms with E-state index in [1.54, 1.807) is 0 Å². The van der Waals surface area contributed by atoms with Gasteiger partial charge in [-0.1, -0.05) is 6.07 Å². The zero-order valence-corrected chi connectivity index (χ0v) is 14.0. The smallest absolute Gasteiger partial charge is 0.334 e. The van der Waals surface area contributed by atoms with Crippen LogP contribution in [-0.2, 0) is 24.1 Å². The monoisotopic (exact) mass is 386 g/mol. The molecule has 3 rings (SSSR count). The van der Waals surface area contributed by atoms with Crippen LogP contribution in [0.4, 0.5) is 22.0 Å². The van der Waals surface area contributed by atoms with Gasteiger partial charge >= 0.3 is 6.18 Å². The summed E-state index contributed by atoms with van der Waals surface area (Å²) in [6.07, 6.45) is -2.38. The zero-order valence-electron chi connectivity index (χ0n) is 14.0. The van der Waals surface area contributed by atoms with Gasteiger partial charge in [0.1, 0.15) is 23.7 Å². The Kier molecular flexibility index (Phi) is 5.03. The summed E-state index contributed by atoms with van der Waals surface area (Å²) in [7, 11) is 0. The average Bonchev–Trinajstić information content (AvgIpc) is 3.39. The first-order valence-electron chi connectivity index (χ1n) is 8.17. The summed E-state index contributed by atoms with van der Waals surface area (Å²) >= 11 is 0. The van der Waals surface area contributed by atoms with Crippen LogP contribution < -0.4 is 5.56 Å². The minimum Gasteiger partial charge on any atom is -0.334 e. The second-order valence-electron chi connectivity index (χ2n) is 6.34. The van der Waals surface area contributed by atoms with Gasteiger partial charge in [0.2, 0.25) is 5.91 Å². The Morgan fingerprint density at radius 2 is 1.89 bits per heavy atom. The molecule has 2 aromatic rings. The van der Waals surface area contributed by atoms with Crippen LogP contribution in [0.2, 0.25) is 0 Å². The Labute approximate surface area is 150 Å². The molecule has 0 aliphatic heterocycles.